The van der Waals surface area contributed by atoms with E-state index in [2.05, 4.69) is 4.98 Å². The van der Waals surface area contributed by atoms with Gasteiger partial charge in [-0.1, -0.05) is 0 Å². The number of hydrogen-bond acceptors (Lipinski definition) is 3. The van der Waals surface area contributed by atoms with Gasteiger partial charge in [0.1, 0.15) is 12.0 Å². The smallest absolute Gasteiger partial charge is 0.417 e. The summed E-state index contributed by atoms with van der Waals surface area (Å²) in [5, 5.41) is 0. The molecule has 0 radical (unpaired) electrons. The van der Waals surface area contributed by atoms with Crippen molar-refractivity contribution in [2.75, 3.05) is 7.11 Å². The van der Waals surface area contributed by atoms with E-state index in [1.54, 1.807) is 6.07 Å². The van der Waals surface area contributed by atoms with Crippen molar-refractivity contribution in [2.24, 2.45) is 0 Å². The van der Waals surface area contributed by atoms with Crippen LogP contribution in [0.3, 0.4) is 0 Å². The van der Waals surface area contributed by atoms with Gasteiger partial charge in [-0.25, -0.2) is 0 Å². The molecule has 0 N–H and O–H groups in total. The highest BCUT2D eigenvalue weighted by molar-refractivity contribution is 5.79. The zero-order chi connectivity index (χ0) is 14.8. The molecule has 0 bridgehead atoms. The van der Waals surface area contributed by atoms with Crippen molar-refractivity contribution in [3.05, 3.63) is 47.7 Å². The average molecular weight is 281 g/mol. The fourth-order valence-corrected chi connectivity index (χ4v) is 1.69. The van der Waals surface area contributed by atoms with Gasteiger partial charge in [0.05, 0.1) is 18.4 Å². The van der Waals surface area contributed by atoms with Crippen LogP contribution >= 0.6 is 0 Å². The number of aromatic nitrogens is 1. The van der Waals surface area contributed by atoms with Crippen LogP contribution in [0.2, 0.25) is 0 Å². The summed E-state index contributed by atoms with van der Waals surface area (Å²) in [5.74, 6) is 0.436. The molecule has 20 heavy (non-hydrogen) atoms. The van der Waals surface area contributed by atoms with Crippen molar-refractivity contribution in [3.63, 3.8) is 0 Å². The molecule has 0 saturated heterocycles. The second-order valence-corrected chi connectivity index (χ2v) is 4.04. The Morgan fingerprint density at radius 2 is 1.95 bits per heavy atom. The van der Waals surface area contributed by atoms with Crippen LogP contribution in [-0.2, 0) is 6.18 Å². The second-order valence-electron chi connectivity index (χ2n) is 4.04. The highest BCUT2D eigenvalue weighted by Gasteiger charge is 2.30. The number of hydrogen-bond donors (Lipinski definition) is 0. The fourth-order valence-electron chi connectivity index (χ4n) is 1.69. The quantitative estimate of drug-likeness (QED) is 0.807. The third-order valence-corrected chi connectivity index (χ3v) is 2.69. The SMILES string of the molecule is COc1cc(C=O)cc(-c2ccc(C(F)(F)F)cn2)c1. The molecule has 1 aromatic carbocycles. The Morgan fingerprint density at radius 3 is 2.45 bits per heavy atom. The largest absolute Gasteiger partial charge is 0.497 e. The van der Waals surface area contributed by atoms with Crippen LogP contribution in [0.4, 0.5) is 13.2 Å². The topological polar surface area (TPSA) is 39.2 Å². The van der Waals surface area contributed by atoms with E-state index in [0.29, 0.717) is 28.9 Å². The third-order valence-electron chi connectivity index (χ3n) is 2.69. The van der Waals surface area contributed by atoms with E-state index in [1.807, 2.05) is 0 Å². The Balaban J connectivity index is 2.43. The first-order chi connectivity index (χ1) is 9.44. The lowest BCUT2D eigenvalue weighted by atomic mass is 10.1. The minimum atomic E-state index is -4.42. The molecule has 2 aromatic rings. The maximum Gasteiger partial charge on any atom is 0.417 e. The molecule has 0 atom stereocenters. The normalized spacial score (nSPS) is 11.2. The first-order valence-corrected chi connectivity index (χ1v) is 5.62. The Morgan fingerprint density at radius 1 is 1.20 bits per heavy atom. The minimum absolute atomic E-state index is 0.333. The van der Waals surface area contributed by atoms with E-state index in [0.717, 1.165) is 12.3 Å². The lowest BCUT2D eigenvalue weighted by Gasteiger charge is -2.08. The van der Waals surface area contributed by atoms with E-state index < -0.39 is 11.7 Å². The Kier molecular flexibility index (Phi) is 3.74. The van der Waals surface area contributed by atoms with Gasteiger partial charge < -0.3 is 4.74 Å². The van der Waals surface area contributed by atoms with Crippen molar-refractivity contribution in [1.29, 1.82) is 0 Å². The summed E-state index contributed by atoms with van der Waals surface area (Å²) in [6.45, 7) is 0. The van der Waals surface area contributed by atoms with Crippen LogP contribution in [0.1, 0.15) is 15.9 Å². The number of benzene rings is 1. The summed E-state index contributed by atoms with van der Waals surface area (Å²) < 4.78 is 42.4. The first-order valence-electron chi connectivity index (χ1n) is 5.62. The van der Waals surface area contributed by atoms with Crippen LogP contribution in [0, 0.1) is 0 Å². The molecule has 0 saturated carbocycles. The number of ether oxygens (including phenoxy) is 1. The van der Waals surface area contributed by atoms with Crippen LogP contribution < -0.4 is 4.74 Å². The summed E-state index contributed by atoms with van der Waals surface area (Å²) in [5.41, 5.74) is 0.390. The van der Waals surface area contributed by atoms with Crippen LogP contribution in [0.5, 0.6) is 5.75 Å². The standard InChI is InChI=1S/C14H10F3NO2/c1-20-12-5-9(8-19)4-10(6-12)13-3-2-11(7-18-13)14(15,16)17/h2-8H,1H3. The number of halogens is 3. The maximum atomic E-state index is 12.5. The summed E-state index contributed by atoms with van der Waals surface area (Å²) in [6.07, 6.45) is -3.03. The van der Waals surface area contributed by atoms with Crippen molar-refractivity contribution in [3.8, 4) is 17.0 Å². The second kappa shape index (κ2) is 5.32. The molecule has 0 unspecified atom stereocenters. The zero-order valence-electron chi connectivity index (χ0n) is 10.4. The summed E-state index contributed by atoms with van der Waals surface area (Å²) in [7, 11) is 1.44. The van der Waals surface area contributed by atoms with Gasteiger partial charge in [0, 0.05) is 17.3 Å². The monoisotopic (exact) mass is 281 g/mol. The van der Waals surface area contributed by atoms with Crippen molar-refractivity contribution < 1.29 is 22.7 Å². The van der Waals surface area contributed by atoms with E-state index in [1.165, 1.54) is 25.3 Å². The lowest BCUT2D eigenvalue weighted by molar-refractivity contribution is -0.137. The molecule has 0 aliphatic carbocycles. The van der Waals surface area contributed by atoms with Gasteiger partial charge in [-0.05, 0) is 30.3 Å². The molecule has 0 fully saturated rings. The van der Waals surface area contributed by atoms with Crippen LogP contribution in [-0.4, -0.2) is 18.4 Å². The van der Waals surface area contributed by atoms with E-state index in [-0.39, 0.29) is 0 Å². The number of carbonyl (C=O) groups is 1. The van der Waals surface area contributed by atoms with Gasteiger partial charge in [0.25, 0.3) is 0 Å². The third kappa shape index (κ3) is 2.96. The molecule has 104 valence electrons. The first kappa shape index (κ1) is 14.0. The van der Waals surface area contributed by atoms with Gasteiger partial charge in [-0.3, -0.25) is 9.78 Å². The Hall–Kier alpha value is -2.37. The number of nitrogens with zero attached hydrogens (tertiary/aromatic N) is 1. The number of alkyl halides is 3. The van der Waals surface area contributed by atoms with E-state index >= 15 is 0 Å². The van der Waals surface area contributed by atoms with Crippen LogP contribution in [0.25, 0.3) is 11.3 Å². The van der Waals surface area contributed by atoms with Gasteiger partial charge in [0.2, 0.25) is 0 Å². The molecule has 6 heteroatoms. The lowest BCUT2D eigenvalue weighted by Crippen LogP contribution is -2.05. The van der Waals surface area contributed by atoms with E-state index in [4.69, 9.17) is 4.74 Å². The highest BCUT2D eigenvalue weighted by Crippen LogP contribution is 2.30. The zero-order valence-corrected chi connectivity index (χ0v) is 10.4. The predicted octanol–water partition coefficient (Wildman–Crippen LogP) is 3.59. The predicted molar refractivity (Wildman–Crippen MR) is 66.6 cm³/mol. The average Bonchev–Trinajstić information content (AvgIpc) is 2.46. The summed E-state index contributed by atoms with van der Waals surface area (Å²) in [6, 6.07) is 6.86. The maximum absolute atomic E-state index is 12.5. The van der Waals surface area contributed by atoms with Crippen molar-refractivity contribution >= 4 is 6.29 Å². The molecular weight excluding hydrogens is 271 g/mol. The minimum Gasteiger partial charge on any atom is -0.497 e. The van der Waals surface area contributed by atoms with Gasteiger partial charge in [0.15, 0.2) is 0 Å². The molecule has 3 nitrogen and oxygen atoms in total. The fraction of sp³-hybridized carbons (Fsp3) is 0.143. The summed E-state index contributed by atoms with van der Waals surface area (Å²) in [4.78, 5) is 14.6. The number of pyridine rings is 1. The Bertz CT molecular complexity index is 621. The number of carbonyl (C=O) groups excluding carboxylic acids is 1. The highest BCUT2D eigenvalue weighted by atomic mass is 19.4. The molecule has 1 heterocycles. The number of aldehydes is 1. The van der Waals surface area contributed by atoms with Gasteiger partial charge in [-0.15, -0.1) is 0 Å². The van der Waals surface area contributed by atoms with Crippen molar-refractivity contribution in [1.82, 2.24) is 4.98 Å². The molecule has 0 aliphatic rings. The van der Waals surface area contributed by atoms with Gasteiger partial charge >= 0.3 is 6.18 Å². The molecule has 0 spiro atoms. The molecule has 1 aromatic heterocycles. The molecule has 0 amide bonds. The van der Waals surface area contributed by atoms with Crippen molar-refractivity contribution in [2.45, 2.75) is 6.18 Å². The molecule has 2 rings (SSSR count). The summed E-state index contributed by atoms with van der Waals surface area (Å²) >= 11 is 0. The van der Waals surface area contributed by atoms with Gasteiger partial charge in [-0.2, -0.15) is 13.2 Å². The van der Waals surface area contributed by atoms with Crippen LogP contribution in [0.15, 0.2) is 36.5 Å². The molecular formula is C14H10F3NO2. The number of methoxy groups -OCH3 is 1. The Labute approximate surface area is 113 Å². The number of rotatable bonds is 3. The molecule has 0 aliphatic heterocycles. The van der Waals surface area contributed by atoms with E-state index in [9.17, 15) is 18.0 Å².